The van der Waals surface area contributed by atoms with Crippen molar-refractivity contribution in [3.63, 3.8) is 0 Å². The Bertz CT molecular complexity index is 628. The Labute approximate surface area is 122 Å². The number of aromatic nitrogens is 1. The van der Waals surface area contributed by atoms with Crippen molar-refractivity contribution in [1.82, 2.24) is 4.98 Å². The topological polar surface area (TPSA) is 48.4 Å². The Balaban J connectivity index is 2.31. The van der Waals surface area contributed by atoms with Crippen molar-refractivity contribution in [2.75, 3.05) is 13.9 Å². The average Bonchev–Trinajstić information content (AvgIpc) is 2.46. The minimum absolute atomic E-state index is 0.0713. The van der Waals surface area contributed by atoms with E-state index < -0.39 is 0 Å². The van der Waals surface area contributed by atoms with Crippen molar-refractivity contribution in [3.8, 4) is 17.0 Å². The van der Waals surface area contributed by atoms with Gasteiger partial charge in [0.25, 0.3) is 0 Å². The van der Waals surface area contributed by atoms with Gasteiger partial charge >= 0.3 is 0 Å². The van der Waals surface area contributed by atoms with Crippen molar-refractivity contribution >= 4 is 17.4 Å². The van der Waals surface area contributed by atoms with Gasteiger partial charge in [0.15, 0.2) is 12.6 Å². The van der Waals surface area contributed by atoms with Crippen LogP contribution in [0.25, 0.3) is 11.3 Å². The van der Waals surface area contributed by atoms with Crippen LogP contribution in [0.3, 0.4) is 0 Å². The van der Waals surface area contributed by atoms with Gasteiger partial charge in [0.2, 0.25) is 0 Å². The Morgan fingerprint density at radius 2 is 2.10 bits per heavy atom. The normalized spacial score (nSPS) is 10.3. The molecule has 0 radical (unpaired) electrons. The lowest BCUT2D eigenvalue weighted by Crippen LogP contribution is -2.00. The molecule has 0 saturated carbocycles. The van der Waals surface area contributed by atoms with Crippen LogP contribution in [0.15, 0.2) is 36.4 Å². The highest BCUT2D eigenvalue weighted by atomic mass is 35.5. The Morgan fingerprint density at radius 3 is 2.75 bits per heavy atom. The number of nitrogens with zero attached hydrogens (tertiary/aromatic N) is 1. The number of ketones is 1. The minimum atomic E-state index is -0.0713. The lowest BCUT2D eigenvalue weighted by atomic mass is 10.1. The zero-order chi connectivity index (χ0) is 14.5. The number of rotatable bonds is 5. The smallest absolute Gasteiger partial charge is 0.188 e. The molecule has 0 spiro atoms. The molecule has 4 nitrogen and oxygen atoms in total. The van der Waals surface area contributed by atoms with Gasteiger partial charge in [-0.15, -0.1) is 0 Å². The molecule has 0 bridgehead atoms. The van der Waals surface area contributed by atoms with E-state index in [1.807, 2.05) is 12.1 Å². The van der Waals surface area contributed by atoms with Gasteiger partial charge in [-0.2, -0.15) is 0 Å². The maximum atomic E-state index is 11.3. The summed E-state index contributed by atoms with van der Waals surface area (Å²) in [6, 6.07) is 10.6. The summed E-state index contributed by atoms with van der Waals surface area (Å²) in [6.07, 6.45) is 0. The molecule has 0 atom stereocenters. The first-order chi connectivity index (χ1) is 9.61. The number of Topliss-reactive ketones (excluding diaryl/α,β-unsaturated/α-hetero) is 1. The van der Waals surface area contributed by atoms with Crippen LogP contribution in [-0.2, 0) is 4.74 Å². The van der Waals surface area contributed by atoms with Gasteiger partial charge in [-0.1, -0.05) is 17.7 Å². The first-order valence-corrected chi connectivity index (χ1v) is 6.39. The second kappa shape index (κ2) is 6.50. The van der Waals surface area contributed by atoms with E-state index >= 15 is 0 Å². The molecule has 2 rings (SSSR count). The molecule has 0 aliphatic rings. The molecule has 0 aliphatic carbocycles. The van der Waals surface area contributed by atoms with Crippen LogP contribution in [0.1, 0.15) is 17.4 Å². The van der Waals surface area contributed by atoms with Gasteiger partial charge in [-0.3, -0.25) is 4.79 Å². The van der Waals surface area contributed by atoms with Crippen LogP contribution >= 0.6 is 11.6 Å². The molecule has 0 unspecified atom stereocenters. The number of benzene rings is 1. The molecule has 0 amide bonds. The molecule has 0 aliphatic heterocycles. The van der Waals surface area contributed by atoms with Crippen LogP contribution in [-0.4, -0.2) is 24.7 Å². The summed E-state index contributed by atoms with van der Waals surface area (Å²) in [7, 11) is 1.54. The number of methoxy groups -OCH3 is 1. The maximum Gasteiger partial charge on any atom is 0.188 e. The zero-order valence-corrected chi connectivity index (χ0v) is 12.0. The van der Waals surface area contributed by atoms with Crippen LogP contribution in [0.4, 0.5) is 0 Å². The summed E-state index contributed by atoms with van der Waals surface area (Å²) >= 11 is 6.14. The highest BCUT2D eigenvalue weighted by Gasteiger charge is 2.08. The van der Waals surface area contributed by atoms with Crippen molar-refractivity contribution in [1.29, 1.82) is 0 Å². The second-order valence-corrected chi connectivity index (χ2v) is 4.57. The SMILES string of the molecule is COCOc1ccc(-c2cccc(C(C)=O)n2)cc1Cl. The molecule has 5 heteroatoms. The molecule has 0 saturated heterocycles. The Morgan fingerprint density at radius 1 is 1.30 bits per heavy atom. The quantitative estimate of drug-likeness (QED) is 0.624. The van der Waals surface area contributed by atoms with Gasteiger partial charge in [0.1, 0.15) is 11.4 Å². The Hall–Kier alpha value is -1.91. The summed E-state index contributed by atoms with van der Waals surface area (Å²) in [5.41, 5.74) is 1.94. The number of carbonyl (C=O) groups is 1. The molecular formula is C15H14ClNO3. The lowest BCUT2D eigenvalue weighted by Gasteiger charge is -2.08. The van der Waals surface area contributed by atoms with E-state index in [1.165, 1.54) is 6.92 Å². The van der Waals surface area contributed by atoms with Gasteiger partial charge < -0.3 is 9.47 Å². The fourth-order valence-corrected chi connectivity index (χ4v) is 1.93. The highest BCUT2D eigenvalue weighted by Crippen LogP contribution is 2.29. The number of carbonyl (C=O) groups excluding carboxylic acids is 1. The van der Waals surface area contributed by atoms with Crippen molar-refractivity contribution in [2.45, 2.75) is 6.92 Å². The summed E-state index contributed by atoms with van der Waals surface area (Å²) in [4.78, 5) is 15.6. The summed E-state index contributed by atoms with van der Waals surface area (Å²) in [6.45, 7) is 1.62. The Kier molecular flexibility index (Phi) is 4.71. The number of ether oxygens (including phenoxy) is 2. The van der Waals surface area contributed by atoms with E-state index in [0.717, 1.165) is 5.56 Å². The molecule has 20 heavy (non-hydrogen) atoms. The molecule has 1 aromatic carbocycles. The third-order valence-corrected chi connectivity index (χ3v) is 2.97. The molecular weight excluding hydrogens is 278 g/mol. The van der Waals surface area contributed by atoms with Crippen LogP contribution in [0.5, 0.6) is 5.75 Å². The van der Waals surface area contributed by atoms with E-state index in [-0.39, 0.29) is 12.6 Å². The van der Waals surface area contributed by atoms with Crippen molar-refractivity contribution in [3.05, 3.63) is 47.1 Å². The zero-order valence-electron chi connectivity index (χ0n) is 11.2. The standard InChI is InChI=1S/C15H14ClNO3/c1-10(18)13-4-3-5-14(17-13)11-6-7-15(12(16)8-11)20-9-19-2/h3-8H,9H2,1-2H3. The first kappa shape index (κ1) is 14.5. The van der Waals surface area contributed by atoms with Gasteiger partial charge in [-0.25, -0.2) is 4.98 Å². The number of hydrogen-bond donors (Lipinski definition) is 0. The van der Waals surface area contributed by atoms with E-state index in [4.69, 9.17) is 21.1 Å². The summed E-state index contributed by atoms with van der Waals surface area (Å²) < 4.78 is 10.1. The predicted molar refractivity (Wildman–Crippen MR) is 77.2 cm³/mol. The third-order valence-electron chi connectivity index (χ3n) is 2.67. The molecule has 2 aromatic rings. The van der Waals surface area contributed by atoms with E-state index in [1.54, 1.807) is 31.4 Å². The van der Waals surface area contributed by atoms with Gasteiger partial charge in [0.05, 0.1) is 10.7 Å². The number of hydrogen-bond acceptors (Lipinski definition) is 4. The summed E-state index contributed by atoms with van der Waals surface area (Å²) in [5.74, 6) is 0.470. The monoisotopic (exact) mass is 291 g/mol. The van der Waals surface area contributed by atoms with E-state index in [0.29, 0.717) is 22.2 Å². The van der Waals surface area contributed by atoms with E-state index in [9.17, 15) is 4.79 Å². The summed E-state index contributed by atoms with van der Waals surface area (Å²) in [5, 5.41) is 0.467. The third kappa shape index (κ3) is 3.35. The fourth-order valence-electron chi connectivity index (χ4n) is 1.69. The van der Waals surface area contributed by atoms with Crippen LogP contribution < -0.4 is 4.74 Å². The molecule has 1 heterocycles. The van der Waals surface area contributed by atoms with Crippen LogP contribution in [0, 0.1) is 0 Å². The number of halogens is 1. The molecule has 0 N–H and O–H groups in total. The number of pyridine rings is 1. The average molecular weight is 292 g/mol. The lowest BCUT2D eigenvalue weighted by molar-refractivity contribution is 0.0512. The highest BCUT2D eigenvalue weighted by molar-refractivity contribution is 6.32. The van der Waals surface area contributed by atoms with Crippen molar-refractivity contribution < 1.29 is 14.3 Å². The molecule has 104 valence electrons. The second-order valence-electron chi connectivity index (χ2n) is 4.16. The van der Waals surface area contributed by atoms with E-state index in [2.05, 4.69) is 4.98 Å². The fraction of sp³-hybridized carbons (Fsp3) is 0.200. The van der Waals surface area contributed by atoms with Gasteiger partial charge in [-0.05, 0) is 30.3 Å². The van der Waals surface area contributed by atoms with Crippen LogP contribution in [0.2, 0.25) is 5.02 Å². The van der Waals surface area contributed by atoms with Gasteiger partial charge in [0, 0.05) is 19.6 Å². The predicted octanol–water partition coefficient (Wildman–Crippen LogP) is 3.59. The molecule has 0 fully saturated rings. The minimum Gasteiger partial charge on any atom is -0.466 e. The molecule has 1 aromatic heterocycles. The maximum absolute atomic E-state index is 11.3. The first-order valence-electron chi connectivity index (χ1n) is 6.01. The van der Waals surface area contributed by atoms with Crippen molar-refractivity contribution in [2.24, 2.45) is 0 Å². The largest absolute Gasteiger partial charge is 0.466 e.